The van der Waals surface area contributed by atoms with Crippen LogP contribution in [0.25, 0.3) is 0 Å². The lowest BCUT2D eigenvalue weighted by molar-refractivity contribution is -0.129. The van der Waals surface area contributed by atoms with Gasteiger partial charge in [-0.15, -0.1) is 11.8 Å². The molecule has 1 fully saturated rings. The van der Waals surface area contributed by atoms with Gasteiger partial charge >= 0.3 is 0 Å². The van der Waals surface area contributed by atoms with Gasteiger partial charge < -0.3 is 10.2 Å². The molecule has 1 aromatic rings. The summed E-state index contributed by atoms with van der Waals surface area (Å²) in [6, 6.07) is 5.58. The van der Waals surface area contributed by atoms with Gasteiger partial charge in [-0.05, 0) is 31.2 Å². The number of nitrogens with one attached hydrogen (secondary N) is 1. The van der Waals surface area contributed by atoms with E-state index >= 15 is 0 Å². The number of hydrogen-bond acceptors (Lipinski definition) is 3. The number of nitrogens with zero attached hydrogens (tertiary/aromatic N) is 1. The maximum Gasteiger partial charge on any atom is 0.236 e. The Morgan fingerprint density at radius 1 is 1.35 bits per heavy atom. The first-order chi connectivity index (χ1) is 9.54. The molecular weight excluding hydrogens is 315 g/mol. The molecule has 0 bridgehead atoms. The van der Waals surface area contributed by atoms with Crippen LogP contribution in [0.4, 0.5) is 0 Å². The molecule has 6 heteroatoms. The normalized spacial score (nSPS) is 22.6. The van der Waals surface area contributed by atoms with Crippen LogP contribution in [0, 0.1) is 0 Å². The Labute approximate surface area is 134 Å². The molecule has 1 N–H and O–H groups in total. The zero-order valence-electron chi connectivity index (χ0n) is 11.5. The summed E-state index contributed by atoms with van der Waals surface area (Å²) in [5.41, 5.74) is 1.03. The lowest BCUT2D eigenvalue weighted by atomic mass is 10.2. The van der Waals surface area contributed by atoms with Gasteiger partial charge in [0.25, 0.3) is 0 Å². The lowest BCUT2D eigenvalue weighted by Crippen LogP contribution is -2.36. The topological polar surface area (TPSA) is 32.3 Å². The predicted molar refractivity (Wildman–Crippen MR) is 86.5 cm³/mol. The van der Waals surface area contributed by atoms with E-state index in [4.69, 9.17) is 23.2 Å². The van der Waals surface area contributed by atoms with Crippen molar-refractivity contribution in [3.05, 3.63) is 33.8 Å². The highest BCUT2D eigenvalue weighted by Crippen LogP contribution is 2.43. The molecule has 20 heavy (non-hydrogen) atoms. The summed E-state index contributed by atoms with van der Waals surface area (Å²) in [6.45, 7) is 6.41. The number of rotatable bonds is 5. The van der Waals surface area contributed by atoms with E-state index in [1.807, 2.05) is 24.0 Å². The number of carbonyl (C=O) groups excluding carboxylic acids is 1. The predicted octanol–water partition coefficient (Wildman–Crippen LogP) is 3.57. The number of halogens is 2. The Kier molecular flexibility index (Phi) is 5.61. The third kappa shape index (κ3) is 3.42. The Bertz CT molecular complexity index is 498. The largest absolute Gasteiger partial charge is 0.324 e. The fraction of sp³-hybridized carbons (Fsp3) is 0.500. The fourth-order valence-electron chi connectivity index (χ4n) is 2.20. The average molecular weight is 333 g/mol. The van der Waals surface area contributed by atoms with E-state index in [0.717, 1.165) is 18.7 Å². The first-order valence-electron chi connectivity index (χ1n) is 6.66. The van der Waals surface area contributed by atoms with Crippen molar-refractivity contribution in [3.63, 3.8) is 0 Å². The smallest absolute Gasteiger partial charge is 0.236 e. The summed E-state index contributed by atoms with van der Waals surface area (Å²) < 4.78 is 0. The van der Waals surface area contributed by atoms with Gasteiger partial charge in [-0.25, -0.2) is 0 Å². The van der Waals surface area contributed by atoms with Crippen molar-refractivity contribution in [3.8, 4) is 0 Å². The van der Waals surface area contributed by atoms with Crippen LogP contribution in [0.5, 0.6) is 0 Å². The van der Waals surface area contributed by atoms with Crippen molar-refractivity contribution < 1.29 is 4.79 Å². The Hall–Kier alpha value is -0.420. The number of hydrogen-bond donors (Lipinski definition) is 1. The minimum atomic E-state index is -0.0175. The zero-order chi connectivity index (χ0) is 14.7. The molecular formula is C14H18Cl2N2OS. The molecule has 3 nitrogen and oxygen atoms in total. The van der Waals surface area contributed by atoms with E-state index in [0.29, 0.717) is 16.6 Å². The van der Waals surface area contributed by atoms with Crippen molar-refractivity contribution >= 4 is 40.9 Å². The van der Waals surface area contributed by atoms with Crippen LogP contribution < -0.4 is 5.32 Å². The highest BCUT2D eigenvalue weighted by Gasteiger charge is 2.38. The van der Waals surface area contributed by atoms with Crippen molar-refractivity contribution in [2.45, 2.75) is 24.5 Å². The van der Waals surface area contributed by atoms with Crippen LogP contribution in [-0.4, -0.2) is 35.7 Å². The molecule has 1 aliphatic heterocycles. The summed E-state index contributed by atoms with van der Waals surface area (Å²) in [6.07, 6.45) is 0. The second-order valence-corrected chi connectivity index (χ2v) is 6.93. The zero-order valence-corrected chi connectivity index (χ0v) is 13.9. The maximum absolute atomic E-state index is 12.3. The van der Waals surface area contributed by atoms with E-state index in [9.17, 15) is 4.79 Å². The van der Waals surface area contributed by atoms with Crippen molar-refractivity contribution in [2.75, 3.05) is 19.6 Å². The van der Waals surface area contributed by atoms with Crippen molar-refractivity contribution in [2.24, 2.45) is 0 Å². The first kappa shape index (κ1) is 16.0. The van der Waals surface area contributed by atoms with Crippen molar-refractivity contribution in [1.82, 2.24) is 10.2 Å². The fourth-order valence-corrected chi connectivity index (χ4v) is 3.81. The third-order valence-electron chi connectivity index (χ3n) is 3.26. The SMILES string of the molecule is CCNCCN1C(=O)C(C)SC1c1ccc(Cl)c(Cl)c1. The average Bonchev–Trinajstić information content (AvgIpc) is 2.70. The van der Waals surface area contributed by atoms with E-state index in [1.54, 1.807) is 17.8 Å². The van der Waals surface area contributed by atoms with Gasteiger partial charge in [0.15, 0.2) is 0 Å². The monoisotopic (exact) mass is 332 g/mol. The lowest BCUT2D eigenvalue weighted by Gasteiger charge is -2.24. The van der Waals surface area contributed by atoms with Gasteiger partial charge in [0.05, 0.1) is 15.3 Å². The van der Waals surface area contributed by atoms with Crippen molar-refractivity contribution in [1.29, 1.82) is 0 Å². The molecule has 0 saturated carbocycles. The first-order valence-corrected chi connectivity index (χ1v) is 8.36. The van der Waals surface area contributed by atoms with Gasteiger partial charge in [0.1, 0.15) is 5.37 Å². The number of carbonyl (C=O) groups is 1. The van der Waals surface area contributed by atoms with E-state index in [1.165, 1.54) is 0 Å². The molecule has 2 rings (SSSR count). The second kappa shape index (κ2) is 7.03. The van der Waals surface area contributed by atoms with Gasteiger partial charge in [-0.1, -0.05) is 36.2 Å². The van der Waals surface area contributed by atoms with Crippen LogP contribution in [-0.2, 0) is 4.79 Å². The summed E-state index contributed by atoms with van der Waals surface area (Å²) in [4.78, 5) is 14.2. The number of likely N-dealkylation sites (N-methyl/N-ethyl adjacent to an activating group) is 1. The van der Waals surface area contributed by atoms with Gasteiger partial charge in [0.2, 0.25) is 5.91 Å². The standard InChI is InChI=1S/C14H18Cl2N2OS/c1-3-17-6-7-18-13(19)9(2)20-14(18)10-4-5-11(15)12(16)8-10/h4-5,8-9,14,17H,3,6-7H2,1-2H3. The maximum atomic E-state index is 12.3. The van der Waals surface area contributed by atoms with Gasteiger partial charge in [-0.2, -0.15) is 0 Å². The molecule has 1 aromatic carbocycles. The molecule has 1 heterocycles. The molecule has 2 unspecified atom stereocenters. The molecule has 1 saturated heterocycles. The van der Waals surface area contributed by atoms with E-state index < -0.39 is 0 Å². The number of thioether (sulfide) groups is 1. The third-order valence-corrected chi connectivity index (χ3v) is 5.39. The Morgan fingerprint density at radius 3 is 2.75 bits per heavy atom. The van der Waals surface area contributed by atoms with Gasteiger partial charge in [-0.3, -0.25) is 4.79 Å². The molecule has 0 aliphatic carbocycles. The minimum Gasteiger partial charge on any atom is -0.324 e. The summed E-state index contributed by atoms with van der Waals surface area (Å²) in [7, 11) is 0. The summed E-state index contributed by atoms with van der Waals surface area (Å²) in [5.74, 6) is 0.184. The van der Waals surface area contributed by atoms with Crippen LogP contribution in [0.1, 0.15) is 24.8 Å². The highest BCUT2D eigenvalue weighted by molar-refractivity contribution is 8.01. The van der Waals surface area contributed by atoms with Crippen LogP contribution >= 0.6 is 35.0 Å². The van der Waals surface area contributed by atoms with Gasteiger partial charge in [0, 0.05) is 13.1 Å². The second-order valence-electron chi connectivity index (χ2n) is 4.69. The number of amides is 1. The van der Waals surface area contributed by atoms with Crippen LogP contribution in [0.3, 0.4) is 0 Å². The van der Waals surface area contributed by atoms with Crippen LogP contribution in [0.15, 0.2) is 18.2 Å². The summed E-state index contributed by atoms with van der Waals surface area (Å²) >= 11 is 13.7. The van der Waals surface area contributed by atoms with E-state index in [2.05, 4.69) is 12.2 Å². The Balaban J connectivity index is 2.18. The quantitative estimate of drug-likeness (QED) is 0.836. The molecule has 0 aromatic heterocycles. The summed E-state index contributed by atoms with van der Waals surface area (Å²) in [5, 5.41) is 4.32. The molecule has 110 valence electrons. The number of benzene rings is 1. The molecule has 1 aliphatic rings. The molecule has 0 radical (unpaired) electrons. The minimum absolute atomic E-state index is 0.0175. The molecule has 1 amide bonds. The highest BCUT2D eigenvalue weighted by atomic mass is 35.5. The molecule has 0 spiro atoms. The molecule has 2 atom stereocenters. The van der Waals surface area contributed by atoms with Crippen LogP contribution in [0.2, 0.25) is 10.0 Å². The van der Waals surface area contributed by atoms with E-state index in [-0.39, 0.29) is 16.5 Å². The Morgan fingerprint density at radius 2 is 2.10 bits per heavy atom.